The number of aliphatic carboxylic acids is 1. The SMILES string of the molecule is CO[C@H]1CC(=O)O[C@@H]1C(=O)O. The smallest absolute Gasteiger partial charge is 0.347 e. The third kappa shape index (κ3) is 1.48. The molecule has 5 heteroatoms. The summed E-state index contributed by atoms with van der Waals surface area (Å²) >= 11 is 0. The highest BCUT2D eigenvalue weighted by atomic mass is 16.6. The highest BCUT2D eigenvalue weighted by molar-refractivity contribution is 5.83. The third-order valence-corrected chi connectivity index (χ3v) is 1.51. The molecule has 1 rings (SSSR count). The third-order valence-electron chi connectivity index (χ3n) is 1.51. The summed E-state index contributed by atoms with van der Waals surface area (Å²) in [6, 6.07) is 0. The molecule has 0 radical (unpaired) electrons. The summed E-state index contributed by atoms with van der Waals surface area (Å²) < 4.78 is 9.19. The number of carbonyl (C=O) groups is 2. The van der Waals surface area contributed by atoms with Crippen LogP contribution in [0.2, 0.25) is 0 Å². The molecule has 1 saturated heterocycles. The van der Waals surface area contributed by atoms with Gasteiger partial charge in [0.05, 0.1) is 6.42 Å². The normalized spacial score (nSPS) is 30.1. The maximum absolute atomic E-state index is 10.6. The average Bonchev–Trinajstić information content (AvgIpc) is 2.30. The molecule has 1 fully saturated rings. The highest BCUT2D eigenvalue weighted by Crippen LogP contribution is 2.17. The Morgan fingerprint density at radius 2 is 2.45 bits per heavy atom. The summed E-state index contributed by atoms with van der Waals surface area (Å²) in [4.78, 5) is 20.9. The summed E-state index contributed by atoms with van der Waals surface area (Å²) in [6.07, 6.45) is -1.75. The Hall–Kier alpha value is -1.10. The minimum atomic E-state index is -1.16. The Labute approximate surface area is 62.9 Å². The van der Waals surface area contributed by atoms with E-state index in [9.17, 15) is 9.59 Å². The summed E-state index contributed by atoms with van der Waals surface area (Å²) in [6.45, 7) is 0. The van der Waals surface area contributed by atoms with Crippen molar-refractivity contribution in [3.8, 4) is 0 Å². The van der Waals surface area contributed by atoms with Crippen LogP contribution in [0, 0.1) is 0 Å². The molecule has 62 valence electrons. The quantitative estimate of drug-likeness (QED) is 0.546. The van der Waals surface area contributed by atoms with Crippen LogP contribution in [0.3, 0.4) is 0 Å². The number of methoxy groups -OCH3 is 1. The van der Waals surface area contributed by atoms with Gasteiger partial charge in [0, 0.05) is 7.11 Å². The summed E-state index contributed by atoms with van der Waals surface area (Å²) in [5, 5.41) is 8.48. The van der Waals surface area contributed by atoms with Crippen LogP contribution in [0.5, 0.6) is 0 Å². The van der Waals surface area contributed by atoms with Gasteiger partial charge in [-0.05, 0) is 0 Å². The standard InChI is InChI=1S/C6H8O5/c1-10-3-2-4(7)11-5(3)6(8)9/h3,5H,2H2,1H3,(H,8,9)/t3-,5-/m0/s1. The number of esters is 1. The minimum absolute atomic E-state index is 0.0213. The van der Waals surface area contributed by atoms with Gasteiger partial charge >= 0.3 is 11.9 Å². The van der Waals surface area contributed by atoms with Crippen molar-refractivity contribution in [2.24, 2.45) is 0 Å². The van der Waals surface area contributed by atoms with Crippen LogP contribution in [0.1, 0.15) is 6.42 Å². The lowest BCUT2D eigenvalue weighted by Gasteiger charge is -2.09. The molecule has 0 spiro atoms. The molecule has 0 aromatic rings. The predicted octanol–water partition coefficient (Wildman–Crippen LogP) is -0.599. The Morgan fingerprint density at radius 1 is 1.82 bits per heavy atom. The maximum atomic E-state index is 10.6. The van der Waals surface area contributed by atoms with Crippen LogP contribution in [0.4, 0.5) is 0 Å². The van der Waals surface area contributed by atoms with Gasteiger partial charge in [-0.15, -0.1) is 0 Å². The fourth-order valence-electron chi connectivity index (χ4n) is 0.953. The monoisotopic (exact) mass is 160 g/mol. The Bertz CT molecular complexity index is 187. The van der Waals surface area contributed by atoms with Crippen molar-refractivity contribution in [3.63, 3.8) is 0 Å². The Morgan fingerprint density at radius 3 is 2.82 bits per heavy atom. The van der Waals surface area contributed by atoms with Crippen molar-refractivity contribution < 1.29 is 24.2 Å². The van der Waals surface area contributed by atoms with Gasteiger partial charge in [0.2, 0.25) is 6.10 Å². The van der Waals surface area contributed by atoms with E-state index in [1.54, 1.807) is 0 Å². The molecule has 0 aromatic carbocycles. The molecular weight excluding hydrogens is 152 g/mol. The molecule has 1 heterocycles. The molecule has 1 aliphatic heterocycles. The fraction of sp³-hybridized carbons (Fsp3) is 0.667. The van der Waals surface area contributed by atoms with Crippen LogP contribution in [0.25, 0.3) is 0 Å². The van der Waals surface area contributed by atoms with E-state index >= 15 is 0 Å². The van der Waals surface area contributed by atoms with Crippen molar-refractivity contribution in [2.45, 2.75) is 18.6 Å². The molecule has 0 amide bonds. The van der Waals surface area contributed by atoms with Gasteiger partial charge in [0.1, 0.15) is 6.10 Å². The second-order valence-electron chi connectivity index (χ2n) is 2.23. The molecule has 5 nitrogen and oxygen atoms in total. The van der Waals surface area contributed by atoms with Gasteiger partial charge in [-0.2, -0.15) is 0 Å². The van der Waals surface area contributed by atoms with Gasteiger partial charge in [0.15, 0.2) is 0 Å². The molecule has 1 aliphatic rings. The number of carboxylic acids is 1. The molecule has 0 bridgehead atoms. The van der Waals surface area contributed by atoms with E-state index in [1.165, 1.54) is 7.11 Å². The second kappa shape index (κ2) is 2.87. The van der Waals surface area contributed by atoms with Crippen molar-refractivity contribution >= 4 is 11.9 Å². The molecule has 0 aliphatic carbocycles. The van der Waals surface area contributed by atoms with E-state index in [0.29, 0.717) is 0 Å². The van der Waals surface area contributed by atoms with E-state index in [-0.39, 0.29) is 6.42 Å². The van der Waals surface area contributed by atoms with E-state index in [4.69, 9.17) is 9.84 Å². The lowest BCUT2D eigenvalue weighted by atomic mass is 10.2. The van der Waals surface area contributed by atoms with Crippen LogP contribution < -0.4 is 0 Å². The number of cyclic esters (lactones) is 1. The maximum Gasteiger partial charge on any atom is 0.347 e. The number of ether oxygens (including phenoxy) is 2. The first-order valence-electron chi connectivity index (χ1n) is 3.10. The van der Waals surface area contributed by atoms with Gasteiger partial charge in [-0.1, -0.05) is 0 Å². The molecule has 0 saturated carbocycles. The lowest BCUT2D eigenvalue weighted by Crippen LogP contribution is -2.31. The molecule has 2 atom stereocenters. The molecule has 11 heavy (non-hydrogen) atoms. The molecule has 0 aromatic heterocycles. The number of carbonyl (C=O) groups excluding carboxylic acids is 1. The van der Waals surface area contributed by atoms with Crippen LogP contribution in [0.15, 0.2) is 0 Å². The van der Waals surface area contributed by atoms with Gasteiger partial charge in [-0.25, -0.2) is 4.79 Å². The van der Waals surface area contributed by atoms with Crippen molar-refractivity contribution in [3.05, 3.63) is 0 Å². The van der Waals surface area contributed by atoms with E-state index in [2.05, 4.69) is 4.74 Å². The van der Waals surface area contributed by atoms with Crippen molar-refractivity contribution in [2.75, 3.05) is 7.11 Å². The predicted molar refractivity (Wildman–Crippen MR) is 32.9 cm³/mol. The number of carboxylic acid groups (broad SMARTS) is 1. The van der Waals surface area contributed by atoms with Crippen LogP contribution >= 0.6 is 0 Å². The number of rotatable bonds is 2. The first kappa shape index (κ1) is 8.00. The Balaban J connectivity index is 2.64. The number of hydrogen-bond donors (Lipinski definition) is 1. The average molecular weight is 160 g/mol. The van der Waals surface area contributed by atoms with Crippen molar-refractivity contribution in [1.29, 1.82) is 0 Å². The van der Waals surface area contributed by atoms with Gasteiger partial charge < -0.3 is 14.6 Å². The first-order valence-corrected chi connectivity index (χ1v) is 3.10. The zero-order chi connectivity index (χ0) is 8.43. The lowest BCUT2D eigenvalue weighted by molar-refractivity contribution is -0.160. The first-order chi connectivity index (χ1) is 5.15. The second-order valence-corrected chi connectivity index (χ2v) is 2.23. The Kier molecular flexibility index (Phi) is 2.09. The molecule has 0 unspecified atom stereocenters. The minimum Gasteiger partial charge on any atom is -0.478 e. The zero-order valence-electron chi connectivity index (χ0n) is 5.94. The van der Waals surface area contributed by atoms with Crippen molar-refractivity contribution in [1.82, 2.24) is 0 Å². The topological polar surface area (TPSA) is 72.8 Å². The largest absolute Gasteiger partial charge is 0.478 e. The number of hydrogen-bond acceptors (Lipinski definition) is 4. The summed E-state index contributed by atoms with van der Waals surface area (Å²) in [5.41, 5.74) is 0. The molecule has 1 N–H and O–H groups in total. The van der Waals surface area contributed by atoms with Gasteiger partial charge in [-0.3, -0.25) is 4.79 Å². The summed E-state index contributed by atoms with van der Waals surface area (Å²) in [7, 11) is 1.35. The zero-order valence-corrected chi connectivity index (χ0v) is 5.94. The van der Waals surface area contributed by atoms with Crippen LogP contribution in [-0.2, 0) is 19.1 Å². The van der Waals surface area contributed by atoms with E-state index in [1.807, 2.05) is 0 Å². The fourth-order valence-corrected chi connectivity index (χ4v) is 0.953. The van der Waals surface area contributed by atoms with E-state index < -0.39 is 24.1 Å². The highest BCUT2D eigenvalue weighted by Gasteiger charge is 2.40. The summed E-state index contributed by atoms with van der Waals surface area (Å²) in [5.74, 6) is -1.69. The molecular formula is C6H8O5. The van der Waals surface area contributed by atoms with Crippen LogP contribution in [-0.4, -0.2) is 36.4 Å². The van der Waals surface area contributed by atoms with Gasteiger partial charge in [0.25, 0.3) is 0 Å². The van der Waals surface area contributed by atoms with E-state index in [0.717, 1.165) is 0 Å².